The number of sulfone groups is 1. The number of imidazole rings is 1. The third kappa shape index (κ3) is 7.00. The van der Waals surface area contributed by atoms with E-state index >= 15 is 4.39 Å². The molecule has 13 heteroatoms. The van der Waals surface area contributed by atoms with Crippen molar-refractivity contribution in [2.45, 2.75) is 52.0 Å². The molecule has 242 valence electrons. The van der Waals surface area contributed by atoms with Crippen LogP contribution in [0.2, 0.25) is 0 Å². The molecule has 0 saturated heterocycles. The van der Waals surface area contributed by atoms with Crippen molar-refractivity contribution in [2.75, 3.05) is 6.26 Å². The lowest BCUT2D eigenvalue weighted by molar-refractivity contribution is -0.274. The number of ether oxygens (including phenoxy) is 1. The molecular formula is C33H31F4N3O5S. The van der Waals surface area contributed by atoms with Gasteiger partial charge in [0.25, 0.3) is 0 Å². The minimum absolute atomic E-state index is 0.161. The third-order valence-corrected chi connectivity index (χ3v) is 8.33. The van der Waals surface area contributed by atoms with Crippen molar-refractivity contribution in [3.63, 3.8) is 0 Å². The van der Waals surface area contributed by atoms with Gasteiger partial charge in [-0.1, -0.05) is 19.9 Å². The maximum absolute atomic E-state index is 15.2. The van der Waals surface area contributed by atoms with Gasteiger partial charge in [0.2, 0.25) is 0 Å². The molecule has 3 aromatic carbocycles. The van der Waals surface area contributed by atoms with E-state index in [0.29, 0.717) is 46.2 Å². The van der Waals surface area contributed by atoms with E-state index in [9.17, 15) is 26.7 Å². The van der Waals surface area contributed by atoms with Gasteiger partial charge in [0, 0.05) is 35.6 Å². The number of halogens is 4. The summed E-state index contributed by atoms with van der Waals surface area (Å²) in [5, 5.41) is 9.69. The SMILES string of the molecule is Cc1cn(-c2ccc(-c3cc(F)c(CO)c(S(C)(=O)=O)c3)cc2-c2nc(CC(C)C)oc2-c2ccc(OC(F)(F)F)cc2)c(C)n1. The number of oxazole rings is 1. The second-order valence-electron chi connectivity index (χ2n) is 11.4. The van der Waals surface area contributed by atoms with Crippen LogP contribution >= 0.6 is 0 Å². The number of hydrogen-bond acceptors (Lipinski definition) is 7. The second kappa shape index (κ2) is 12.4. The fourth-order valence-electron chi connectivity index (χ4n) is 5.23. The molecule has 2 aromatic heterocycles. The Hall–Kier alpha value is -4.49. The molecule has 0 bridgehead atoms. The quantitative estimate of drug-likeness (QED) is 0.163. The first-order valence-corrected chi connectivity index (χ1v) is 16.1. The molecule has 0 amide bonds. The predicted octanol–water partition coefficient (Wildman–Crippen LogP) is 7.61. The maximum atomic E-state index is 15.2. The summed E-state index contributed by atoms with van der Waals surface area (Å²) in [5.74, 6) is 0.208. The molecule has 0 radical (unpaired) electrons. The van der Waals surface area contributed by atoms with Crippen LogP contribution in [0.3, 0.4) is 0 Å². The summed E-state index contributed by atoms with van der Waals surface area (Å²) in [7, 11) is -3.90. The highest BCUT2D eigenvalue weighted by molar-refractivity contribution is 7.90. The highest BCUT2D eigenvalue weighted by Crippen LogP contribution is 2.40. The van der Waals surface area contributed by atoms with Gasteiger partial charge in [-0.3, -0.25) is 0 Å². The Balaban J connectivity index is 1.77. The van der Waals surface area contributed by atoms with Crippen LogP contribution in [0.1, 0.15) is 36.8 Å². The number of nitrogens with zero attached hydrogens (tertiary/aromatic N) is 3. The van der Waals surface area contributed by atoms with E-state index in [2.05, 4.69) is 9.72 Å². The van der Waals surface area contributed by atoms with Crippen molar-refractivity contribution in [3.05, 3.63) is 89.6 Å². The zero-order chi connectivity index (χ0) is 33.6. The largest absolute Gasteiger partial charge is 0.573 e. The van der Waals surface area contributed by atoms with Crippen LogP contribution < -0.4 is 4.74 Å². The first kappa shape index (κ1) is 32.9. The number of rotatable bonds is 9. The van der Waals surface area contributed by atoms with Gasteiger partial charge >= 0.3 is 6.36 Å². The molecule has 0 aliphatic carbocycles. The zero-order valence-electron chi connectivity index (χ0n) is 25.6. The van der Waals surface area contributed by atoms with Crippen LogP contribution in [0.15, 0.2) is 70.1 Å². The Kier molecular flexibility index (Phi) is 8.84. The van der Waals surface area contributed by atoms with Crippen molar-refractivity contribution in [2.24, 2.45) is 5.92 Å². The fraction of sp³-hybridized carbons (Fsp3) is 0.273. The van der Waals surface area contributed by atoms with Crippen LogP contribution in [0, 0.1) is 25.6 Å². The second-order valence-corrected chi connectivity index (χ2v) is 13.3. The molecule has 0 unspecified atom stereocenters. The van der Waals surface area contributed by atoms with Gasteiger partial charge < -0.3 is 18.8 Å². The molecule has 2 heterocycles. The van der Waals surface area contributed by atoms with Gasteiger partial charge in [0.05, 0.1) is 22.9 Å². The monoisotopic (exact) mass is 657 g/mol. The summed E-state index contributed by atoms with van der Waals surface area (Å²) in [4.78, 5) is 9.00. The summed E-state index contributed by atoms with van der Waals surface area (Å²) >= 11 is 0. The van der Waals surface area contributed by atoms with Crippen LogP contribution in [0.4, 0.5) is 17.6 Å². The molecule has 0 aliphatic rings. The van der Waals surface area contributed by atoms with Crippen LogP contribution in [0.5, 0.6) is 5.75 Å². The van der Waals surface area contributed by atoms with Gasteiger partial charge in [0.1, 0.15) is 23.1 Å². The van der Waals surface area contributed by atoms with Gasteiger partial charge in [0.15, 0.2) is 21.5 Å². The average Bonchev–Trinajstić information content (AvgIpc) is 3.52. The highest BCUT2D eigenvalue weighted by Gasteiger charge is 2.31. The third-order valence-electron chi connectivity index (χ3n) is 7.16. The van der Waals surface area contributed by atoms with Crippen molar-refractivity contribution in [1.82, 2.24) is 14.5 Å². The molecule has 5 aromatic rings. The molecule has 1 N–H and O–H groups in total. The first-order chi connectivity index (χ1) is 21.5. The number of aliphatic hydroxyl groups is 1. The molecule has 0 saturated carbocycles. The van der Waals surface area contributed by atoms with E-state index < -0.39 is 34.4 Å². The van der Waals surface area contributed by atoms with Crippen molar-refractivity contribution < 1.29 is 40.2 Å². The topological polar surface area (TPSA) is 107 Å². The van der Waals surface area contributed by atoms with E-state index in [1.54, 1.807) is 18.2 Å². The lowest BCUT2D eigenvalue weighted by atomic mass is 9.97. The minimum Gasteiger partial charge on any atom is -0.440 e. The zero-order valence-corrected chi connectivity index (χ0v) is 26.4. The molecule has 0 fully saturated rings. The molecule has 0 atom stereocenters. The standard InChI is InChI=1S/C33H31F4N3O5S/c1-18(2)12-30-39-31(32(44-30)21-6-9-24(10-7-21)45-33(35,36)37)25-13-22(8-11-28(25)40-16-19(3)38-20(40)4)23-14-27(34)26(17-41)29(15-23)46(5,42)43/h6-11,13-16,18,41H,12,17H2,1-5H3. The van der Waals surface area contributed by atoms with Crippen molar-refractivity contribution >= 4 is 9.84 Å². The Morgan fingerprint density at radius 2 is 1.65 bits per heavy atom. The van der Waals surface area contributed by atoms with Gasteiger partial charge in [-0.15, -0.1) is 13.2 Å². The normalized spacial score (nSPS) is 12.2. The van der Waals surface area contributed by atoms with E-state index in [1.807, 2.05) is 38.5 Å². The smallest absolute Gasteiger partial charge is 0.440 e. The predicted molar refractivity (Wildman–Crippen MR) is 164 cm³/mol. The van der Waals surface area contributed by atoms with E-state index in [4.69, 9.17) is 9.40 Å². The van der Waals surface area contributed by atoms with Gasteiger partial charge in [-0.05, 0) is 79.4 Å². The number of benzene rings is 3. The molecule has 0 aliphatic heterocycles. The number of aliphatic hydroxyl groups excluding tert-OH is 1. The van der Waals surface area contributed by atoms with E-state index in [-0.39, 0.29) is 27.7 Å². The van der Waals surface area contributed by atoms with E-state index in [0.717, 1.165) is 18.0 Å². The summed E-state index contributed by atoms with van der Waals surface area (Å²) in [5.41, 5.74) is 3.02. The van der Waals surface area contributed by atoms with Crippen LogP contribution in [0.25, 0.3) is 39.4 Å². The number of aryl methyl sites for hydroxylation is 2. The van der Waals surface area contributed by atoms with Crippen LogP contribution in [-0.4, -0.2) is 40.7 Å². The Labute approximate surface area is 263 Å². The average molecular weight is 658 g/mol. The number of aromatic nitrogens is 3. The summed E-state index contributed by atoms with van der Waals surface area (Å²) in [6, 6.07) is 12.9. The highest BCUT2D eigenvalue weighted by atomic mass is 32.2. The molecule has 46 heavy (non-hydrogen) atoms. The Morgan fingerprint density at radius 3 is 2.22 bits per heavy atom. The van der Waals surface area contributed by atoms with Crippen molar-refractivity contribution in [1.29, 1.82) is 0 Å². The summed E-state index contributed by atoms with van der Waals surface area (Å²) < 4.78 is 90.8. The van der Waals surface area contributed by atoms with Crippen molar-refractivity contribution in [3.8, 4) is 45.1 Å². The van der Waals surface area contributed by atoms with Gasteiger partial charge in [-0.25, -0.2) is 22.8 Å². The van der Waals surface area contributed by atoms with Crippen LogP contribution in [-0.2, 0) is 22.9 Å². The number of alkyl halides is 3. The first-order valence-electron chi connectivity index (χ1n) is 14.2. The molecule has 5 rings (SSSR count). The van der Waals surface area contributed by atoms with Gasteiger partial charge in [-0.2, -0.15) is 0 Å². The molecular weight excluding hydrogens is 626 g/mol. The molecule has 8 nitrogen and oxygen atoms in total. The molecule has 0 spiro atoms. The lowest BCUT2D eigenvalue weighted by Gasteiger charge is -2.15. The Morgan fingerprint density at radius 1 is 0.978 bits per heavy atom. The summed E-state index contributed by atoms with van der Waals surface area (Å²) in [6.45, 7) is 6.83. The number of hydrogen-bond donors (Lipinski definition) is 1. The minimum atomic E-state index is -4.86. The van der Waals surface area contributed by atoms with E-state index in [1.165, 1.54) is 30.3 Å². The fourth-order valence-corrected chi connectivity index (χ4v) is 6.18. The summed E-state index contributed by atoms with van der Waals surface area (Å²) in [6.07, 6.45) is -1.63. The Bertz CT molecular complexity index is 2010. The lowest BCUT2D eigenvalue weighted by Crippen LogP contribution is -2.16. The maximum Gasteiger partial charge on any atom is 0.573 e.